The number of nitrogens with two attached hydrogens (primary N) is 1. The Hall–Kier alpha value is -1.75. The predicted octanol–water partition coefficient (Wildman–Crippen LogP) is 1.29. The molecule has 3 N–H and O–H groups in total. The first-order chi connectivity index (χ1) is 8.58. The lowest BCUT2D eigenvalue weighted by molar-refractivity contribution is 0.0934. The van der Waals surface area contributed by atoms with Crippen molar-refractivity contribution in [2.75, 3.05) is 33.1 Å². The molecule has 0 fully saturated rings. The number of nitrogens with one attached hydrogen (secondary N) is 1. The molecule has 1 amide bonds. The second-order valence-corrected chi connectivity index (χ2v) is 4.22. The number of hydrogen-bond donors (Lipinski definition) is 2. The average molecular weight is 252 g/mol. The summed E-state index contributed by atoms with van der Waals surface area (Å²) < 4.78 is 10.1. The van der Waals surface area contributed by atoms with Crippen molar-refractivity contribution < 1.29 is 14.3 Å². The fourth-order valence-corrected chi connectivity index (χ4v) is 1.56. The summed E-state index contributed by atoms with van der Waals surface area (Å²) in [6.07, 6.45) is 0. The van der Waals surface area contributed by atoms with Crippen LogP contribution in [-0.2, 0) is 4.74 Å². The number of ether oxygens (including phenoxy) is 2. The van der Waals surface area contributed by atoms with E-state index in [1.807, 2.05) is 6.92 Å². The van der Waals surface area contributed by atoms with Gasteiger partial charge >= 0.3 is 0 Å². The second-order valence-electron chi connectivity index (χ2n) is 4.22. The van der Waals surface area contributed by atoms with Crippen molar-refractivity contribution in [3.05, 3.63) is 23.8 Å². The molecule has 0 bridgehead atoms. The molecule has 1 aromatic carbocycles. The Balaban J connectivity index is 2.66. The standard InChI is InChI=1S/C13H20N2O3/c1-9(8-17-2)7-15-13(16)11-6-10(18-3)4-5-12(11)14/h4-6,9H,7-8,14H2,1-3H3,(H,15,16). The first-order valence-corrected chi connectivity index (χ1v) is 5.79. The first kappa shape index (κ1) is 14.3. The van der Waals surface area contributed by atoms with E-state index in [1.165, 1.54) is 0 Å². The average Bonchev–Trinajstić information content (AvgIpc) is 2.37. The van der Waals surface area contributed by atoms with E-state index in [4.69, 9.17) is 15.2 Å². The zero-order valence-corrected chi connectivity index (χ0v) is 11.0. The van der Waals surface area contributed by atoms with Crippen LogP contribution in [0.2, 0.25) is 0 Å². The van der Waals surface area contributed by atoms with Gasteiger partial charge in [-0.3, -0.25) is 4.79 Å². The molecule has 0 heterocycles. The van der Waals surface area contributed by atoms with E-state index >= 15 is 0 Å². The molecule has 0 radical (unpaired) electrons. The maximum absolute atomic E-state index is 12.0. The fourth-order valence-electron chi connectivity index (χ4n) is 1.56. The number of carbonyl (C=O) groups excluding carboxylic acids is 1. The number of anilines is 1. The Labute approximate surface area is 107 Å². The molecule has 1 unspecified atom stereocenters. The van der Waals surface area contributed by atoms with Crippen LogP contribution in [0.3, 0.4) is 0 Å². The van der Waals surface area contributed by atoms with Crippen molar-refractivity contribution in [1.29, 1.82) is 0 Å². The summed E-state index contributed by atoms with van der Waals surface area (Å²) in [6.45, 7) is 3.15. The van der Waals surface area contributed by atoms with E-state index < -0.39 is 0 Å². The zero-order chi connectivity index (χ0) is 13.5. The van der Waals surface area contributed by atoms with Gasteiger partial charge in [-0.1, -0.05) is 6.92 Å². The van der Waals surface area contributed by atoms with E-state index in [-0.39, 0.29) is 11.8 Å². The SMILES string of the molecule is COCC(C)CNC(=O)c1cc(OC)ccc1N. The van der Waals surface area contributed by atoms with Crippen molar-refractivity contribution in [3.63, 3.8) is 0 Å². The minimum absolute atomic E-state index is 0.200. The Bertz CT molecular complexity index is 407. The van der Waals surface area contributed by atoms with Crippen LogP contribution >= 0.6 is 0 Å². The Morgan fingerprint density at radius 2 is 2.17 bits per heavy atom. The summed E-state index contributed by atoms with van der Waals surface area (Å²) in [4.78, 5) is 12.0. The van der Waals surface area contributed by atoms with Gasteiger partial charge in [-0.15, -0.1) is 0 Å². The lowest BCUT2D eigenvalue weighted by Crippen LogP contribution is -2.30. The smallest absolute Gasteiger partial charge is 0.253 e. The highest BCUT2D eigenvalue weighted by atomic mass is 16.5. The van der Waals surface area contributed by atoms with Gasteiger partial charge in [0.15, 0.2) is 0 Å². The summed E-state index contributed by atoms with van der Waals surface area (Å²) in [6, 6.07) is 5.01. The molecule has 100 valence electrons. The molecule has 0 saturated carbocycles. The Kier molecular flexibility index (Phi) is 5.45. The molecule has 5 nitrogen and oxygen atoms in total. The van der Waals surface area contributed by atoms with Gasteiger partial charge in [-0.05, 0) is 24.1 Å². The van der Waals surface area contributed by atoms with E-state index in [1.54, 1.807) is 32.4 Å². The third kappa shape index (κ3) is 3.92. The van der Waals surface area contributed by atoms with Crippen LogP contribution < -0.4 is 15.8 Å². The topological polar surface area (TPSA) is 73.6 Å². The van der Waals surface area contributed by atoms with Crippen molar-refractivity contribution >= 4 is 11.6 Å². The van der Waals surface area contributed by atoms with E-state index in [0.717, 1.165) is 0 Å². The Morgan fingerprint density at radius 1 is 1.44 bits per heavy atom. The fraction of sp³-hybridized carbons (Fsp3) is 0.462. The molecule has 0 aromatic heterocycles. The number of methoxy groups -OCH3 is 2. The predicted molar refractivity (Wildman–Crippen MR) is 70.8 cm³/mol. The molecule has 1 aromatic rings. The van der Waals surface area contributed by atoms with Crippen LogP contribution in [0.5, 0.6) is 5.75 Å². The van der Waals surface area contributed by atoms with Gasteiger partial charge in [0.05, 0.1) is 19.3 Å². The third-order valence-corrected chi connectivity index (χ3v) is 2.57. The molecule has 0 aliphatic heterocycles. The minimum Gasteiger partial charge on any atom is -0.497 e. The minimum atomic E-state index is -0.200. The summed E-state index contributed by atoms with van der Waals surface area (Å²) in [5.41, 5.74) is 6.64. The monoisotopic (exact) mass is 252 g/mol. The number of rotatable bonds is 6. The van der Waals surface area contributed by atoms with Crippen molar-refractivity contribution in [3.8, 4) is 5.75 Å². The maximum Gasteiger partial charge on any atom is 0.253 e. The van der Waals surface area contributed by atoms with Crippen molar-refractivity contribution in [2.45, 2.75) is 6.92 Å². The van der Waals surface area contributed by atoms with Crippen LogP contribution in [0.4, 0.5) is 5.69 Å². The highest BCUT2D eigenvalue weighted by Crippen LogP contribution is 2.19. The van der Waals surface area contributed by atoms with Gasteiger partial charge in [0.1, 0.15) is 5.75 Å². The van der Waals surface area contributed by atoms with Crippen molar-refractivity contribution in [1.82, 2.24) is 5.32 Å². The quantitative estimate of drug-likeness (QED) is 0.748. The van der Waals surface area contributed by atoms with Gasteiger partial charge in [-0.2, -0.15) is 0 Å². The number of benzene rings is 1. The van der Waals surface area contributed by atoms with Gasteiger partial charge in [0, 0.05) is 19.3 Å². The number of hydrogen-bond acceptors (Lipinski definition) is 4. The molecular weight excluding hydrogens is 232 g/mol. The summed E-state index contributed by atoms with van der Waals surface area (Å²) in [5, 5.41) is 2.82. The van der Waals surface area contributed by atoms with Crippen molar-refractivity contribution in [2.24, 2.45) is 5.92 Å². The van der Waals surface area contributed by atoms with Gasteiger partial charge in [-0.25, -0.2) is 0 Å². The van der Waals surface area contributed by atoms with Gasteiger partial charge < -0.3 is 20.5 Å². The lowest BCUT2D eigenvalue weighted by atomic mass is 10.1. The summed E-state index contributed by atoms with van der Waals surface area (Å²) in [7, 11) is 3.19. The summed E-state index contributed by atoms with van der Waals surface area (Å²) in [5.74, 6) is 0.666. The molecule has 1 atom stereocenters. The normalized spacial score (nSPS) is 11.9. The highest BCUT2D eigenvalue weighted by molar-refractivity contribution is 5.99. The molecule has 5 heteroatoms. The highest BCUT2D eigenvalue weighted by Gasteiger charge is 2.12. The summed E-state index contributed by atoms with van der Waals surface area (Å²) >= 11 is 0. The Morgan fingerprint density at radius 3 is 2.78 bits per heavy atom. The molecule has 0 aliphatic carbocycles. The van der Waals surface area contributed by atoms with Crippen LogP contribution in [0.1, 0.15) is 17.3 Å². The molecule has 0 spiro atoms. The molecular formula is C13H20N2O3. The van der Waals surface area contributed by atoms with E-state index in [2.05, 4.69) is 5.32 Å². The van der Waals surface area contributed by atoms with E-state index in [9.17, 15) is 4.79 Å². The van der Waals surface area contributed by atoms with Crippen LogP contribution in [0, 0.1) is 5.92 Å². The lowest BCUT2D eigenvalue weighted by Gasteiger charge is -2.13. The molecule has 0 aliphatic rings. The number of nitrogen functional groups attached to an aromatic ring is 1. The van der Waals surface area contributed by atoms with E-state index in [0.29, 0.717) is 30.2 Å². The molecule has 1 rings (SSSR count). The van der Waals surface area contributed by atoms with Gasteiger partial charge in [0.25, 0.3) is 5.91 Å². The first-order valence-electron chi connectivity index (χ1n) is 5.79. The van der Waals surface area contributed by atoms with Crippen LogP contribution in [0.25, 0.3) is 0 Å². The third-order valence-electron chi connectivity index (χ3n) is 2.57. The maximum atomic E-state index is 12.0. The molecule has 0 saturated heterocycles. The van der Waals surface area contributed by atoms with Crippen LogP contribution in [-0.4, -0.2) is 33.3 Å². The largest absolute Gasteiger partial charge is 0.497 e. The number of amides is 1. The van der Waals surface area contributed by atoms with Gasteiger partial charge in [0.2, 0.25) is 0 Å². The molecule has 18 heavy (non-hydrogen) atoms. The number of carbonyl (C=O) groups is 1. The zero-order valence-electron chi connectivity index (χ0n) is 11.0. The van der Waals surface area contributed by atoms with Crippen LogP contribution in [0.15, 0.2) is 18.2 Å². The second kappa shape index (κ2) is 6.86.